The second kappa shape index (κ2) is 10.3. The molecule has 0 unspecified atom stereocenters. The molecule has 0 aliphatic heterocycles. The maximum atomic E-state index is 12.2. The number of benzene rings is 1. The first-order chi connectivity index (χ1) is 14.0. The first kappa shape index (κ1) is 21.1. The van der Waals surface area contributed by atoms with Gasteiger partial charge in [-0.2, -0.15) is 11.8 Å². The Bertz CT molecular complexity index is 964. The number of rotatable bonds is 9. The van der Waals surface area contributed by atoms with E-state index in [4.69, 9.17) is 4.42 Å². The summed E-state index contributed by atoms with van der Waals surface area (Å²) in [6.45, 7) is 4.42. The van der Waals surface area contributed by atoms with Gasteiger partial charge in [-0.25, -0.2) is 4.98 Å². The first-order valence-electron chi connectivity index (χ1n) is 9.21. The lowest BCUT2D eigenvalue weighted by atomic mass is 10.2. The number of carbonyl (C=O) groups is 2. The Kier molecular flexibility index (Phi) is 7.48. The molecule has 0 atom stereocenters. The molecule has 0 aliphatic carbocycles. The van der Waals surface area contributed by atoms with E-state index in [0.29, 0.717) is 28.7 Å². The number of nitrogens with zero attached hydrogens (tertiary/aromatic N) is 1. The molecule has 8 heteroatoms. The number of aromatic nitrogens is 1. The number of anilines is 1. The van der Waals surface area contributed by atoms with Gasteiger partial charge in [0.25, 0.3) is 5.91 Å². The fourth-order valence-electron chi connectivity index (χ4n) is 2.59. The van der Waals surface area contributed by atoms with E-state index in [1.807, 2.05) is 0 Å². The number of aryl methyl sites for hydroxylation is 2. The number of hydrogen-bond acceptors (Lipinski definition) is 6. The van der Waals surface area contributed by atoms with Crippen molar-refractivity contribution in [3.8, 4) is 0 Å². The second-order valence-corrected chi connectivity index (χ2v) is 8.52. The van der Waals surface area contributed by atoms with Crippen LogP contribution in [0.15, 0.2) is 46.4 Å². The van der Waals surface area contributed by atoms with Crippen LogP contribution in [0.2, 0.25) is 0 Å². The first-order valence-corrected chi connectivity index (χ1v) is 11.2. The van der Waals surface area contributed by atoms with Gasteiger partial charge in [-0.05, 0) is 25.5 Å². The minimum atomic E-state index is -0.271. The normalized spacial score (nSPS) is 10.7. The highest BCUT2D eigenvalue weighted by Gasteiger charge is 2.14. The van der Waals surface area contributed by atoms with E-state index in [2.05, 4.69) is 46.8 Å². The van der Waals surface area contributed by atoms with E-state index < -0.39 is 0 Å². The Morgan fingerprint density at radius 3 is 2.69 bits per heavy atom. The fraction of sp³-hybridized carbons (Fsp3) is 0.286. The molecule has 0 aliphatic rings. The lowest BCUT2D eigenvalue weighted by Crippen LogP contribution is -2.27. The smallest absolute Gasteiger partial charge is 0.260 e. The monoisotopic (exact) mass is 429 g/mol. The highest BCUT2D eigenvalue weighted by molar-refractivity contribution is 7.98. The van der Waals surface area contributed by atoms with Crippen molar-refractivity contribution in [3.63, 3.8) is 0 Å². The van der Waals surface area contributed by atoms with Crippen LogP contribution in [-0.4, -0.2) is 29.1 Å². The molecule has 3 rings (SSSR count). The van der Waals surface area contributed by atoms with Gasteiger partial charge in [0, 0.05) is 23.4 Å². The van der Waals surface area contributed by atoms with E-state index in [1.165, 1.54) is 28.7 Å². The summed E-state index contributed by atoms with van der Waals surface area (Å²) >= 11 is 3.08. The number of thiazole rings is 1. The highest BCUT2D eigenvalue weighted by Crippen LogP contribution is 2.18. The van der Waals surface area contributed by atoms with Gasteiger partial charge in [-0.1, -0.05) is 29.8 Å². The Hall–Kier alpha value is -2.58. The molecule has 0 saturated carbocycles. The zero-order valence-electron chi connectivity index (χ0n) is 16.4. The summed E-state index contributed by atoms with van der Waals surface area (Å²) in [5.74, 6) is 1.99. The highest BCUT2D eigenvalue weighted by atomic mass is 32.2. The average Bonchev–Trinajstić information content (AvgIpc) is 3.31. The maximum absolute atomic E-state index is 12.2. The predicted molar refractivity (Wildman–Crippen MR) is 118 cm³/mol. The fourth-order valence-corrected chi connectivity index (χ4v) is 4.12. The summed E-state index contributed by atoms with van der Waals surface area (Å²) in [7, 11) is 0. The Morgan fingerprint density at radius 2 is 1.97 bits per heavy atom. The summed E-state index contributed by atoms with van der Waals surface area (Å²) in [4.78, 5) is 28.6. The predicted octanol–water partition coefficient (Wildman–Crippen LogP) is 4.20. The molecular weight excluding hydrogens is 406 g/mol. The molecule has 2 N–H and O–H groups in total. The number of thioether (sulfide) groups is 1. The number of hydrogen-bond donors (Lipinski definition) is 2. The van der Waals surface area contributed by atoms with Gasteiger partial charge in [0.15, 0.2) is 5.13 Å². The van der Waals surface area contributed by atoms with Crippen LogP contribution in [0.25, 0.3) is 0 Å². The number of furan rings is 1. The minimum Gasteiger partial charge on any atom is -0.469 e. The Labute approximate surface area is 178 Å². The van der Waals surface area contributed by atoms with Crippen molar-refractivity contribution in [3.05, 3.63) is 70.1 Å². The third kappa shape index (κ3) is 6.47. The molecule has 0 spiro atoms. The molecule has 2 amide bonds. The lowest BCUT2D eigenvalue weighted by molar-refractivity contribution is -0.120. The third-order valence-corrected chi connectivity index (χ3v) is 6.01. The van der Waals surface area contributed by atoms with Crippen LogP contribution in [0.5, 0.6) is 0 Å². The van der Waals surface area contributed by atoms with Crippen molar-refractivity contribution in [1.82, 2.24) is 10.3 Å². The van der Waals surface area contributed by atoms with Gasteiger partial charge in [-0.3, -0.25) is 14.9 Å². The quantitative estimate of drug-likeness (QED) is 0.498. The molecule has 6 nitrogen and oxygen atoms in total. The van der Waals surface area contributed by atoms with Gasteiger partial charge in [0.2, 0.25) is 5.91 Å². The molecule has 0 radical (unpaired) electrons. The van der Waals surface area contributed by atoms with Crippen molar-refractivity contribution in [2.75, 3.05) is 17.6 Å². The number of carbonyl (C=O) groups excluding carboxylic acids is 2. The van der Waals surface area contributed by atoms with E-state index in [-0.39, 0.29) is 18.2 Å². The maximum Gasteiger partial charge on any atom is 0.260 e. The van der Waals surface area contributed by atoms with Crippen molar-refractivity contribution in [1.29, 1.82) is 0 Å². The zero-order chi connectivity index (χ0) is 20.6. The third-order valence-electron chi connectivity index (χ3n) is 4.18. The van der Waals surface area contributed by atoms with Crippen molar-refractivity contribution >= 4 is 40.0 Å². The van der Waals surface area contributed by atoms with Crippen LogP contribution < -0.4 is 10.6 Å². The Morgan fingerprint density at radius 1 is 1.17 bits per heavy atom. The van der Waals surface area contributed by atoms with Crippen LogP contribution in [0.4, 0.5) is 5.13 Å². The van der Waals surface area contributed by atoms with Crippen LogP contribution in [0, 0.1) is 13.8 Å². The average molecular weight is 430 g/mol. The van der Waals surface area contributed by atoms with E-state index in [9.17, 15) is 9.59 Å². The molecule has 0 fully saturated rings. The number of nitrogens with one attached hydrogen (secondary N) is 2. The molecule has 2 heterocycles. The van der Waals surface area contributed by atoms with Gasteiger partial charge in [0.05, 0.1) is 23.9 Å². The van der Waals surface area contributed by atoms with Gasteiger partial charge in [0.1, 0.15) is 5.76 Å². The molecule has 3 aromatic rings. The molecule has 1 aromatic carbocycles. The standard InChI is InChI=1S/C21H23N3O3S2/c1-14-3-5-16(6-4-14)12-28-10-8-22-19(25)11-17-13-29-21(23-17)24-20(26)18-7-9-27-15(18)2/h3-7,9,13H,8,10-12H2,1-2H3,(H,22,25)(H,23,24,26). The number of amides is 2. The van der Waals surface area contributed by atoms with Gasteiger partial charge in [-0.15, -0.1) is 11.3 Å². The summed E-state index contributed by atoms with van der Waals surface area (Å²) in [5.41, 5.74) is 3.66. The summed E-state index contributed by atoms with van der Waals surface area (Å²) in [5, 5.41) is 7.89. The van der Waals surface area contributed by atoms with Gasteiger partial charge >= 0.3 is 0 Å². The molecular formula is C21H23N3O3S2. The zero-order valence-corrected chi connectivity index (χ0v) is 18.0. The van der Waals surface area contributed by atoms with Gasteiger partial charge < -0.3 is 9.73 Å². The molecule has 0 saturated heterocycles. The topological polar surface area (TPSA) is 84.2 Å². The van der Waals surface area contributed by atoms with E-state index in [1.54, 1.807) is 30.1 Å². The minimum absolute atomic E-state index is 0.0743. The van der Waals surface area contributed by atoms with Crippen molar-refractivity contribution in [2.45, 2.75) is 26.0 Å². The molecule has 2 aromatic heterocycles. The summed E-state index contributed by atoms with van der Waals surface area (Å²) in [6.07, 6.45) is 1.67. The van der Waals surface area contributed by atoms with Crippen molar-refractivity contribution in [2.24, 2.45) is 0 Å². The van der Waals surface area contributed by atoms with Crippen LogP contribution in [0.3, 0.4) is 0 Å². The Balaban J connectivity index is 1.36. The second-order valence-electron chi connectivity index (χ2n) is 6.55. The van der Waals surface area contributed by atoms with E-state index in [0.717, 1.165) is 11.5 Å². The summed E-state index contributed by atoms with van der Waals surface area (Å²) in [6, 6.07) is 10.1. The summed E-state index contributed by atoms with van der Waals surface area (Å²) < 4.78 is 5.13. The lowest BCUT2D eigenvalue weighted by Gasteiger charge is -2.05. The van der Waals surface area contributed by atoms with E-state index >= 15 is 0 Å². The van der Waals surface area contributed by atoms with Crippen LogP contribution in [-0.2, 0) is 17.0 Å². The SMILES string of the molecule is Cc1ccc(CSCCNC(=O)Cc2csc(NC(=O)c3ccoc3C)n2)cc1. The molecule has 0 bridgehead atoms. The van der Waals surface area contributed by atoms with Crippen molar-refractivity contribution < 1.29 is 14.0 Å². The largest absolute Gasteiger partial charge is 0.469 e. The van der Waals surface area contributed by atoms with Crippen LogP contribution >= 0.6 is 23.1 Å². The molecule has 152 valence electrons. The van der Waals surface area contributed by atoms with Crippen LogP contribution in [0.1, 0.15) is 32.9 Å². The molecule has 29 heavy (non-hydrogen) atoms.